The van der Waals surface area contributed by atoms with Crippen LogP contribution in [0.15, 0.2) is 0 Å². The van der Waals surface area contributed by atoms with Crippen LogP contribution in [0.4, 0.5) is 0 Å². The second kappa shape index (κ2) is 5.42. The van der Waals surface area contributed by atoms with E-state index in [0.29, 0.717) is 6.26 Å². The van der Waals surface area contributed by atoms with Gasteiger partial charge in [0.1, 0.15) is 6.04 Å². The van der Waals surface area contributed by atoms with E-state index < -0.39 is 49.3 Å². The number of nitrogens with two attached hydrogens (primary N) is 1. The van der Waals surface area contributed by atoms with E-state index in [9.17, 15) is 26.4 Å². The molecule has 0 aromatic heterocycles. The molecule has 0 bridgehead atoms. The first-order valence-electron chi connectivity index (χ1n) is 4.12. The third kappa shape index (κ3) is 7.65. The lowest BCUT2D eigenvalue weighted by molar-refractivity contribution is -0.140. The highest BCUT2D eigenvalue weighted by Gasteiger charge is 2.27. The van der Waals surface area contributed by atoms with Crippen LogP contribution in [0.3, 0.4) is 0 Å². The summed E-state index contributed by atoms with van der Waals surface area (Å²) >= 11 is 0. The number of nitrogens with one attached hydrogen (secondary N) is 1. The number of carbonyl (C=O) groups is 2. The molecule has 100 valence electrons. The van der Waals surface area contributed by atoms with Gasteiger partial charge in [-0.05, 0) is 0 Å². The number of primary amides is 1. The van der Waals surface area contributed by atoms with Crippen molar-refractivity contribution in [1.82, 2.24) is 4.72 Å². The summed E-state index contributed by atoms with van der Waals surface area (Å²) in [5.74, 6) is -2.65. The molecule has 0 aromatic rings. The molecule has 0 spiro atoms. The molecule has 0 radical (unpaired) electrons. The number of carboxylic acid groups (broad SMARTS) is 1. The van der Waals surface area contributed by atoms with Crippen molar-refractivity contribution in [3.05, 3.63) is 0 Å². The number of hydrogen-bond acceptors (Lipinski definition) is 6. The minimum absolute atomic E-state index is 0.677. The molecular weight excluding hydrogens is 276 g/mol. The largest absolute Gasteiger partial charge is 0.480 e. The lowest BCUT2D eigenvalue weighted by atomic mass is 10.2. The van der Waals surface area contributed by atoms with Gasteiger partial charge in [0.05, 0.1) is 6.42 Å². The van der Waals surface area contributed by atoms with E-state index in [1.54, 1.807) is 4.72 Å². The zero-order valence-electron chi connectivity index (χ0n) is 8.78. The summed E-state index contributed by atoms with van der Waals surface area (Å²) in [5.41, 5.74) is 4.72. The fourth-order valence-corrected chi connectivity index (χ4v) is 4.06. The quantitative estimate of drug-likeness (QED) is 0.457. The minimum atomic E-state index is -4.36. The van der Waals surface area contributed by atoms with Crippen molar-refractivity contribution < 1.29 is 31.5 Å². The van der Waals surface area contributed by atoms with Gasteiger partial charge in [-0.3, -0.25) is 9.59 Å². The SMILES string of the molecule is CS(=O)(=O)CS(=O)(=O)N[C@H](CC(N)=O)C(=O)O. The Hall–Kier alpha value is -1.20. The molecule has 0 fully saturated rings. The molecule has 4 N–H and O–H groups in total. The Labute approximate surface area is 98.0 Å². The van der Waals surface area contributed by atoms with Crippen LogP contribution in [0.2, 0.25) is 0 Å². The van der Waals surface area contributed by atoms with Crippen LogP contribution >= 0.6 is 0 Å². The first-order chi connectivity index (χ1) is 7.43. The van der Waals surface area contributed by atoms with Gasteiger partial charge in [-0.15, -0.1) is 0 Å². The molecule has 1 amide bonds. The van der Waals surface area contributed by atoms with E-state index in [-0.39, 0.29) is 0 Å². The highest BCUT2D eigenvalue weighted by Crippen LogP contribution is 1.99. The molecule has 9 nitrogen and oxygen atoms in total. The Morgan fingerprint density at radius 2 is 1.76 bits per heavy atom. The molecule has 0 heterocycles. The standard InChI is InChI=1S/C6H12N2O7S2/c1-16(12,13)3-17(14,15)8-4(6(10)11)2-5(7)9/h4,8H,2-3H2,1H3,(H2,7,9)(H,10,11)/t4-/m1/s1. The zero-order chi connectivity index (χ0) is 13.9. The first kappa shape index (κ1) is 15.8. The van der Waals surface area contributed by atoms with Crippen LogP contribution in [0.5, 0.6) is 0 Å². The first-order valence-corrected chi connectivity index (χ1v) is 7.83. The van der Waals surface area contributed by atoms with Crippen molar-refractivity contribution in [2.45, 2.75) is 12.5 Å². The molecule has 0 aliphatic rings. The summed E-state index contributed by atoms with van der Waals surface area (Å²) in [4.78, 5) is 21.1. The molecule has 1 atom stereocenters. The maximum Gasteiger partial charge on any atom is 0.322 e. The van der Waals surface area contributed by atoms with E-state index in [4.69, 9.17) is 10.8 Å². The van der Waals surface area contributed by atoms with Crippen molar-refractivity contribution in [1.29, 1.82) is 0 Å². The highest BCUT2D eigenvalue weighted by atomic mass is 32.3. The monoisotopic (exact) mass is 288 g/mol. The van der Waals surface area contributed by atoms with E-state index in [1.807, 2.05) is 0 Å². The van der Waals surface area contributed by atoms with E-state index >= 15 is 0 Å². The third-order valence-electron chi connectivity index (χ3n) is 1.39. The third-order valence-corrected chi connectivity index (χ3v) is 4.99. The van der Waals surface area contributed by atoms with E-state index in [0.717, 1.165) is 0 Å². The van der Waals surface area contributed by atoms with Crippen LogP contribution in [-0.4, -0.2) is 51.2 Å². The van der Waals surface area contributed by atoms with Gasteiger partial charge in [0.25, 0.3) is 0 Å². The molecular formula is C6H12N2O7S2. The highest BCUT2D eigenvalue weighted by molar-refractivity contribution is 8.06. The molecule has 11 heteroatoms. The average Bonchev–Trinajstić information content (AvgIpc) is 1.95. The number of sulfone groups is 1. The number of sulfonamides is 1. The van der Waals surface area contributed by atoms with Crippen LogP contribution in [-0.2, 0) is 29.4 Å². The second-order valence-electron chi connectivity index (χ2n) is 3.34. The molecule has 0 saturated carbocycles. The summed E-state index contributed by atoms with van der Waals surface area (Å²) in [6.45, 7) is 0. The molecule has 0 unspecified atom stereocenters. The van der Waals surface area contributed by atoms with Gasteiger partial charge in [0.15, 0.2) is 14.9 Å². The molecule has 0 aromatic carbocycles. The van der Waals surface area contributed by atoms with Gasteiger partial charge in [0.2, 0.25) is 15.9 Å². The summed E-state index contributed by atoms with van der Waals surface area (Å²) in [5, 5.41) is 7.34. The molecule has 17 heavy (non-hydrogen) atoms. The summed E-state index contributed by atoms with van der Waals surface area (Å²) in [6, 6.07) is -1.78. The summed E-state index contributed by atoms with van der Waals surface area (Å²) in [6.07, 6.45) is -0.0889. The Morgan fingerprint density at radius 1 is 1.29 bits per heavy atom. The zero-order valence-corrected chi connectivity index (χ0v) is 10.4. The van der Waals surface area contributed by atoms with Crippen molar-refractivity contribution >= 4 is 31.7 Å². The summed E-state index contributed by atoms with van der Waals surface area (Å²) < 4.78 is 45.6. The lowest BCUT2D eigenvalue weighted by Crippen LogP contribution is -2.44. The predicted molar refractivity (Wildman–Crippen MR) is 57.0 cm³/mol. The molecule has 0 aliphatic heterocycles. The minimum Gasteiger partial charge on any atom is -0.480 e. The Morgan fingerprint density at radius 3 is 2.06 bits per heavy atom. The number of hydrogen-bond donors (Lipinski definition) is 3. The number of amides is 1. The molecule has 0 rings (SSSR count). The topological polar surface area (TPSA) is 161 Å². The van der Waals surface area contributed by atoms with Crippen molar-refractivity contribution in [2.24, 2.45) is 5.73 Å². The van der Waals surface area contributed by atoms with Crippen LogP contribution < -0.4 is 10.5 Å². The van der Waals surface area contributed by atoms with Gasteiger partial charge in [0, 0.05) is 6.26 Å². The van der Waals surface area contributed by atoms with E-state index in [2.05, 4.69) is 0 Å². The normalized spacial score (nSPS) is 14.2. The maximum atomic E-state index is 11.2. The fraction of sp³-hybridized carbons (Fsp3) is 0.667. The number of aliphatic carboxylic acids is 1. The maximum absolute atomic E-state index is 11.2. The molecule has 0 aliphatic carbocycles. The van der Waals surface area contributed by atoms with Crippen LogP contribution in [0, 0.1) is 0 Å². The van der Waals surface area contributed by atoms with Crippen LogP contribution in [0.1, 0.15) is 6.42 Å². The van der Waals surface area contributed by atoms with Gasteiger partial charge >= 0.3 is 5.97 Å². The number of carbonyl (C=O) groups excluding carboxylic acids is 1. The van der Waals surface area contributed by atoms with Gasteiger partial charge in [-0.25, -0.2) is 16.8 Å². The average molecular weight is 288 g/mol. The Kier molecular flexibility index (Phi) is 5.04. The van der Waals surface area contributed by atoms with Crippen molar-refractivity contribution in [3.8, 4) is 0 Å². The predicted octanol–water partition coefficient (Wildman–Crippen LogP) is -2.76. The lowest BCUT2D eigenvalue weighted by Gasteiger charge is -2.12. The molecule has 0 saturated heterocycles. The smallest absolute Gasteiger partial charge is 0.322 e. The fourth-order valence-electron chi connectivity index (χ4n) is 0.913. The van der Waals surface area contributed by atoms with E-state index in [1.165, 1.54) is 0 Å². The number of rotatable bonds is 7. The summed E-state index contributed by atoms with van der Waals surface area (Å²) in [7, 11) is -8.20. The Balaban J connectivity index is 4.88. The van der Waals surface area contributed by atoms with Gasteiger partial charge in [-0.2, -0.15) is 4.72 Å². The van der Waals surface area contributed by atoms with Crippen molar-refractivity contribution in [2.75, 3.05) is 11.3 Å². The second-order valence-corrected chi connectivity index (χ2v) is 7.60. The van der Waals surface area contributed by atoms with Gasteiger partial charge in [-0.1, -0.05) is 0 Å². The number of carboxylic acids is 1. The van der Waals surface area contributed by atoms with Crippen molar-refractivity contribution in [3.63, 3.8) is 0 Å². The van der Waals surface area contributed by atoms with Gasteiger partial charge < -0.3 is 10.8 Å². The van der Waals surface area contributed by atoms with Crippen LogP contribution in [0.25, 0.3) is 0 Å². The Bertz CT molecular complexity index is 506.